The number of nitrogens with zero attached hydrogens (tertiary/aromatic N) is 1. The van der Waals surface area contributed by atoms with Crippen molar-refractivity contribution in [3.05, 3.63) is 53.3 Å². The molecule has 0 spiro atoms. The van der Waals surface area contributed by atoms with Crippen LogP contribution in [0.15, 0.2) is 36.5 Å². The number of ether oxygens (including phenoxy) is 2. The fourth-order valence-electron chi connectivity index (χ4n) is 1.80. The lowest BCUT2D eigenvalue weighted by Crippen LogP contribution is -2.03. The normalized spacial score (nSPS) is 10.3. The zero-order chi connectivity index (χ0) is 13.7. The van der Waals surface area contributed by atoms with Gasteiger partial charge >= 0.3 is 0 Å². The van der Waals surface area contributed by atoms with Crippen LogP contribution in [-0.4, -0.2) is 12.1 Å². The highest BCUT2D eigenvalue weighted by Crippen LogP contribution is 2.32. The molecule has 3 nitrogen and oxygen atoms in total. The van der Waals surface area contributed by atoms with Crippen LogP contribution in [0.2, 0.25) is 0 Å². The zero-order valence-corrected chi connectivity index (χ0v) is 11.8. The van der Waals surface area contributed by atoms with E-state index in [0.29, 0.717) is 24.0 Å². The van der Waals surface area contributed by atoms with Crippen molar-refractivity contribution in [3.8, 4) is 11.5 Å². The van der Waals surface area contributed by atoms with E-state index in [1.807, 2.05) is 37.3 Å². The number of hydrogen-bond acceptors (Lipinski definition) is 3. The van der Waals surface area contributed by atoms with E-state index in [0.717, 1.165) is 16.8 Å². The Morgan fingerprint density at radius 2 is 2.05 bits per heavy atom. The average molecular weight is 278 g/mol. The maximum absolute atomic E-state index is 5.92. The van der Waals surface area contributed by atoms with Crippen molar-refractivity contribution >= 4 is 11.6 Å². The molecule has 4 heteroatoms. The van der Waals surface area contributed by atoms with E-state index >= 15 is 0 Å². The summed E-state index contributed by atoms with van der Waals surface area (Å²) in [5, 5.41) is 0. The van der Waals surface area contributed by atoms with E-state index in [1.54, 1.807) is 13.3 Å². The monoisotopic (exact) mass is 277 g/mol. The van der Waals surface area contributed by atoms with E-state index in [2.05, 4.69) is 4.98 Å². The number of aromatic nitrogens is 1. The third kappa shape index (κ3) is 3.18. The molecule has 0 unspecified atom stereocenters. The number of rotatable bonds is 5. The summed E-state index contributed by atoms with van der Waals surface area (Å²) >= 11 is 5.92. The van der Waals surface area contributed by atoms with Gasteiger partial charge in [-0.15, -0.1) is 11.6 Å². The first-order valence-corrected chi connectivity index (χ1v) is 6.55. The molecule has 0 aliphatic rings. The SMILES string of the molecule is COc1cccc(CCl)c1OCc1ncccc1C. The molecule has 0 aliphatic carbocycles. The van der Waals surface area contributed by atoms with Crippen LogP contribution in [0.3, 0.4) is 0 Å². The second-order valence-electron chi connectivity index (χ2n) is 4.14. The molecule has 19 heavy (non-hydrogen) atoms. The Hall–Kier alpha value is -1.74. The van der Waals surface area contributed by atoms with Gasteiger partial charge < -0.3 is 9.47 Å². The van der Waals surface area contributed by atoms with Crippen molar-refractivity contribution in [2.75, 3.05) is 7.11 Å². The number of aryl methyl sites for hydroxylation is 1. The number of benzene rings is 1. The first kappa shape index (κ1) is 13.7. The van der Waals surface area contributed by atoms with E-state index in [9.17, 15) is 0 Å². The molecule has 1 heterocycles. The summed E-state index contributed by atoms with van der Waals surface area (Å²) in [5.74, 6) is 1.75. The molecule has 0 saturated carbocycles. The first-order chi connectivity index (χ1) is 9.26. The quantitative estimate of drug-likeness (QED) is 0.781. The van der Waals surface area contributed by atoms with E-state index < -0.39 is 0 Å². The third-order valence-corrected chi connectivity index (χ3v) is 3.18. The lowest BCUT2D eigenvalue weighted by atomic mass is 10.2. The van der Waals surface area contributed by atoms with Crippen molar-refractivity contribution < 1.29 is 9.47 Å². The smallest absolute Gasteiger partial charge is 0.166 e. The highest BCUT2D eigenvalue weighted by molar-refractivity contribution is 6.17. The number of pyridine rings is 1. The number of hydrogen-bond donors (Lipinski definition) is 0. The lowest BCUT2D eigenvalue weighted by molar-refractivity contribution is 0.278. The standard InChI is InChI=1S/C15H16ClNO2/c1-11-5-4-8-17-13(11)10-19-15-12(9-16)6-3-7-14(15)18-2/h3-8H,9-10H2,1-2H3. The zero-order valence-electron chi connectivity index (χ0n) is 11.0. The van der Waals surface area contributed by atoms with E-state index in [-0.39, 0.29) is 0 Å². The van der Waals surface area contributed by atoms with Gasteiger partial charge in [0.25, 0.3) is 0 Å². The molecule has 1 aromatic carbocycles. The van der Waals surface area contributed by atoms with Crippen molar-refractivity contribution in [2.45, 2.75) is 19.4 Å². The predicted octanol–water partition coefficient (Wildman–Crippen LogP) is 3.72. The van der Waals surface area contributed by atoms with Gasteiger partial charge in [-0.05, 0) is 24.6 Å². The van der Waals surface area contributed by atoms with Crippen LogP contribution in [0.25, 0.3) is 0 Å². The molecule has 0 bridgehead atoms. The van der Waals surface area contributed by atoms with Crippen LogP contribution in [0.5, 0.6) is 11.5 Å². The third-order valence-electron chi connectivity index (χ3n) is 2.90. The number of alkyl halides is 1. The fourth-order valence-corrected chi connectivity index (χ4v) is 2.01. The molecular formula is C15H16ClNO2. The Balaban J connectivity index is 2.21. The first-order valence-electron chi connectivity index (χ1n) is 6.01. The Labute approximate surface area is 118 Å². The molecule has 0 fully saturated rings. The van der Waals surface area contributed by atoms with Gasteiger partial charge in [0.1, 0.15) is 6.61 Å². The molecule has 100 valence electrons. The summed E-state index contributed by atoms with van der Waals surface area (Å²) < 4.78 is 11.1. The number of para-hydroxylation sites is 1. The molecule has 1 aromatic heterocycles. The molecule has 0 radical (unpaired) electrons. The Bertz CT molecular complexity index is 535. The highest BCUT2D eigenvalue weighted by atomic mass is 35.5. The Morgan fingerprint density at radius 1 is 1.21 bits per heavy atom. The van der Waals surface area contributed by atoms with Gasteiger partial charge in [-0.2, -0.15) is 0 Å². The predicted molar refractivity (Wildman–Crippen MR) is 75.9 cm³/mol. The van der Waals surface area contributed by atoms with Crippen LogP contribution in [0.1, 0.15) is 16.8 Å². The number of methoxy groups -OCH3 is 1. The molecule has 0 atom stereocenters. The minimum absolute atomic E-state index is 0.383. The van der Waals surface area contributed by atoms with Crippen LogP contribution in [-0.2, 0) is 12.5 Å². The van der Waals surface area contributed by atoms with Crippen LogP contribution < -0.4 is 9.47 Å². The Morgan fingerprint density at radius 3 is 2.74 bits per heavy atom. The van der Waals surface area contributed by atoms with Crippen molar-refractivity contribution in [1.29, 1.82) is 0 Å². The topological polar surface area (TPSA) is 31.4 Å². The summed E-state index contributed by atoms with van der Waals surface area (Å²) in [6.45, 7) is 2.41. The van der Waals surface area contributed by atoms with E-state index in [4.69, 9.17) is 21.1 Å². The lowest BCUT2D eigenvalue weighted by Gasteiger charge is -2.14. The second kappa shape index (κ2) is 6.43. The van der Waals surface area contributed by atoms with Crippen molar-refractivity contribution in [2.24, 2.45) is 0 Å². The summed E-state index contributed by atoms with van der Waals surface area (Å²) in [7, 11) is 1.62. The van der Waals surface area contributed by atoms with Gasteiger partial charge in [-0.3, -0.25) is 4.98 Å². The molecular weight excluding hydrogens is 262 g/mol. The van der Waals surface area contributed by atoms with Gasteiger partial charge in [0.15, 0.2) is 11.5 Å². The average Bonchev–Trinajstić information content (AvgIpc) is 2.46. The molecule has 0 aliphatic heterocycles. The molecule has 2 aromatic rings. The summed E-state index contributed by atoms with van der Waals surface area (Å²) in [6, 6.07) is 9.60. The number of halogens is 1. The van der Waals surface area contributed by atoms with Gasteiger partial charge in [-0.25, -0.2) is 0 Å². The maximum Gasteiger partial charge on any atom is 0.166 e. The molecule has 0 saturated heterocycles. The van der Waals surface area contributed by atoms with Crippen LogP contribution in [0, 0.1) is 6.92 Å². The molecule has 2 rings (SSSR count). The largest absolute Gasteiger partial charge is 0.493 e. The maximum atomic E-state index is 5.92. The minimum atomic E-state index is 0.383. The van der Waals surface area contributed by atoms with Gasteiger partial charge in [0.05, 0.1) is 18.7 Å². The Kier molecular flexibility index (Phi) is 4.63. The van der Waals surface area contributed by atoms with Gasteiger partial charge in [0.2, 0.25) is 0 Å². The van der Waals surface area contributed by atoms with Crippen LogP contribution >= 0.6 is 11.6 Å². The summed E-state index contributed by atoms with van der Waals surface area (Å²) in [6.07, 6.45) is 1.76. The van der Waals surface area contributed by atoms with Crippen LogP contribution in [0.4, 0.5) is 0 Å². The molecule has 0 amide bonds. The van der Waals surface area contributed by atoms with E-state index in [1.165, 1.54) is 0 Å². The fraction of sp³-hybridized carbons (Fsp3) is 0.267. The van der Waals surface area contributed by atoms with Gasteiger partial charge in [0, 0.05) is 11.8 Å². The van der Waals surface area contributed by atoms with Gasteiger partial charge in [-0.1, -0.05) is 18.2 Å². The summed E-state index contributed by atoms with van der Waals surface area (Å²) in [4.78, 5) is 4.31. The summed E-state index contributed by atoms with van der Waals surface area (Å²) in [5.41, 5.74) is 2.92. The highest BCUT2D eigenvalue weighted by Gasteiger charge is 2.10. The minimum Gasteiger partial charge on any atom is -0.493 e. The van der Waals surface area contributed by atoms with Crippen molar-refractivity contribution in [3.63, 3.8) is 0 Å². The second-order valence-corrected chi connectivity index (χ2v) is 4.41. The molecule has 0 N–H and O–H groups in total. The van der Waals surface area contributed by atoms with Crippen molar-refractivity contribution in [1.82, 2.24) is 4.98 Å².